The van der Waals surface area contributed by atoms with Crippen LogP contribution in [-0.4, -0.2) is 16.6 Å². The van der Waals surface area contributed by atoms with Gasteiger partial charge in [0.2, 0.25) is 0 Å². The van der Waals surface area contributed by atoms with Gasteiger partial charge >= 0.3 is 0 Å². The molecule has 0 radical (unpaired) electrons. The van der Waals surface area contributed by atoms with Crippen LogP contribution in [0.3, 0.4) is 0 Å². The van der Waals surface area contributed by atoms with E-state index in [1.807, 2.05) is 19.1 Å². The van der Waals surface area contributed by atoms with Gasteiger partial charge in [0.15, 0.2) is 11.5 Å². The number of allylic oxidation sites excluding steroid dienone is 1. The summed E-state index contributed by atoms with van der Waals surface area (Å²) in [6.07, 6.45) is 1.67. The quantitative estimate of drug-likeness (QED) is 0.234. The van der Waals surface area contributed by atoms with Crippen molar-refractivity contribution in [1.82, 2.24) is 9.97 Å². The van der Waals surface area contributed by atoms with Gasteiger partial charge in [0.05, 0.1) is 37.7 Å². The maximum Gasteiger partial charge on any atom is 0.175 e. The Bertz CT molecular complexity index is 1450. The first kappa shape index (κ1) is 24.1. The monoisotopic (exact) mass is 559 g/mol. The molecular formula is C25H17BrCl2FN3O2. The van der Waals surface area contributed by atoms with Gasteiger partial charge in [-0.1, -0.05) is 29.3 Å². The molecule has 0 aliphatic rings. The summed E-state index contributed by atoms with van der Waals surface area (Å²) in [6.45, 7) is 2.54. The number of imidazole rings is 1. The Balaban J connectivity index is 1.65. The Morgan fingerprint density at radius 2 is 1.97 bits per heavy atom. The van der Waals surface area contributed by atoms with Crippen LogP contribution in [-0.2, 0) is 6.61 Å². The molecular weight excluding hydrogens is 544 g/mol. The maximum atomic E-state index is 13.5. The highest BCUT2D eigenvalue weighted by Gasteiger charge is 2.14. The normalized spacial score (nSPS) is 11.5. The van der Waals surface area contributed by atoms with Crippen LogP contribution in [0.4, 0.5) is 4.39 Å². The van der Waals surface area contributed by atoms with E-state index in [4.69, 9.17) is 32.7 Å². The zero-order chi connectivity index (χ0) is 24.2. The van der Waals surface area contributed by atoms with Crippen molar-refractivity contribution < 1.29 is 13.9 Å². The van der Waals surface area contributed by atoms with Crippen molar-refractivity contribution in [3.63, 3.8) is 0 Å². The Hall–Kier alpha value is -3.05. The fourth-order valence-corrected chi connectivity index (χ4v) is 4.18. The SMILES string of the molecule is CCOc1cc(/C=C(/C#N)c2nc3ccc(F)cc3[nH]2)cc(Br)c1OCc1ccc(Cl)c(Cl)c1. The highest BCUT2D eigenvalue weighted by Crippen LogP contribution is 2.38. The molecule has 0 bridgehead atoms. The second kappa shape index (κ2) is 10.5. The highest BCUT2D eigenvalue weighted by atomic mass is 79.9. The van der Waals surface area contributed by atoms with Crippen LogP contribution in [0, 0.1) is 17.1 Å². The van der Waals surface area contributed by atoms with E-state index >= 15 is 0 Å². The molecule has 0 saturated carbocycles. The molecule has 3 aromatic carbocycles. The number of ether oxygens (including phenoxy) is 2. The average molecular weight is 561 g/mol. The van der Waals surface area contributed by atoms with E-state index in [-0.39, 0.29) is 18.0 Å². The lowest BCUT2D eigenvalue weighted by molar-refractivity contribution is 0.267. The van der Waals surface area contributed by atoms with Gasteiger partial charge in [-0.25, -0.2) is 9.37 Å². The molecule has 1 N–H and O–H groups in total. The summed E-state index contributed by atoms with van der Waals surface area (Å²) in [5.74, 6) is 0.985. The number of rotatable bonds is 7. The minimum absolute atomic E-state index is 0.254. The van der Waals surface area contributed by atoms with E-state index in [9.17, 15) is 9.65 Å². The third kappa shape index (κ3) is 5.36. The molecule has 5 nitrogen and oxygen atoms in total. The van der Waals surface area contributed by atoms with Crippen molar-refractivity contribution in [2.24, 2.45) is 0 Å². The van der Waals surface area contributed by atoms with E-state index in [1.165, 1.54) is 12.1 Å². The van der Waals surface area contributed by atoms with Crippen LogP contribution in [0.2, 0.25) is 10.0 Å². The minimum Gasteiger partial charge on any atom is -0.490 e. The van der Waals surface area contributed by atoms with Gasteiger partial charge in [0.1, 0.15) is 24.3 Å². The molecule has 1 heterocycles. The zero-order valence-corrected chi connectivity index (χ0v) is 20.9. The van der Waals surface area contributed by atoms with Gasteiger partial charge in [0, 0.05) is 0 Å². The molecule has 172 valence electrons. The standard InChI is InChI=1S/C25H17BrCl2FN3O2/c1-2-33-23-10-15(7-16(12-30)25-31-21-6-4-17(29)11-22(21)32-25)8-18(26)24(23)34-13-14-3-5-19(27)20(28)9-14/h3-11H,2,13H2,1H3,(H,31,32)/b16-7-. The van der Waals surface area contributed by atoms with E-state index in [2.05, 4.69) is 32.0 Å². The smallest absolute Gasteiger partial charge is 0.175 e. The summed E-state index contributed by atoms with van der Waals surface area (Å²) < 4.78 is 26.0. The molecule has 4 aromatic rings. The number of hydrogen-bond donors (Lipinski definition) is 1. The molecule has 34 heavy (non-hydrogen) atoms. The summed E-state index contributed by atoms with van der Waals surface area (Å²) in [5.41, 5.74) is 2.91. The summed E-state index contributed by atoms with van der Waals surface area (Å²) in [7, 11) is 0. The molecule has 9 heteroatoms. The summed E-state index contributed by atoms with van der Waals surface area (Å²) in [6, 6.07) is 15.2. The summed E-state index contributed by atoms with van der Waals surface area (Å²) in [5, 5.41) is 10.7. The molecule has 0 spiro atoms. The molecule has 4 rings (SSSR count). The molecule has 0 amide bonds. The average Bonchev–Trinajstić information content (AvgIpc) is 3.22. The first-order chi connectivity index (χ1) is 16.4. The number of hydrogen-bond acceptors (Lipinski definition) is 4. The molecule has 0 fully saturated rings. The lowest BCUT2D eigenvalue weighted by Gasteiger charge is -2.15. The predicted molar refractivity (Wildman–Crippen MR) is 136 cm³/mol. The van der Waals surface area contributed by atoms with Crippen molar-refractivity contribution in [3.8, 4) is 17.6 Å². The maximum absolute atomic E-state index is 13.5. The van der Waals surface area contributed by atoms with Gasteiger partial charge in [-0.2, -0.15) is 5.26 Å². The Morgan fingerprint density at radius 1 is 1.15 bits per heavy atom. The van der Waals surface area contributed by atoms with E-state index in [1.54, 1.807) is 30.3 Å². The number of aromatic amines is 1. The van der Waals surface area contributed by atoms with Gasteiger partial charge in [-0.15, -0.1) is 0 Å². The van der Waals surface area contributed by atoms with Gasteiger partial charge < -0.3 is 14.5 Å². The number of nitrogens with zero attached hydrogens (tertiary/aromatic N) is 2. The second-order valence-electron chi connectivity index (χ2n) is 7.22. The van der Waals surface area contributed by atoms with Crippen LogP contribution >= 0.6 is 39.1 Å². The molecule has 0 saturated heterocycles. The minimum atomic E-state index is -0.382. The lowest BCUT2D eigenvalue weighted by Crippen LogP contribution is -2.01. The van der Waals surface area contributed by atoms with E-state index < -0.39 is 0 Å². The number of aromatic nitrogens is 2. The second-order valence-corrected chi connectivity index (χ2v) is 8.89. The third-order valence-corrected chi connectivity index (χ3v) is 6.16. The zero-order valence-electron chi connectivity index (χ0n) is 17.8. The van der Waals surface area contributed by atoms with Gasteiger partial charge in [0.25, 0.3) is 0 Å². The first-order valence-corrected chi connectivity index (χ1v) is 11.7. The highest BCUT2D eigenvalue weighted by molar-refractivity contribution is 9.10. The van der Waals surface area contributed by atoms with E-state index in [0.29, 0.717) is 55.0 Å². The van der Waals surface area contributed by atoms with Crippen LogP contribution < -0.4 is 9.47 Å². The van der Waals surface area contributed by atoms with Crippen molar-refractivity contribution in [3.05, 3.63) is 85.8 Å². The fourth-order valence-electron chi connectivity index (χ4n) is 3.29. The van der Waals surface area contributed by atoms with Crippen LogP contribution in [0.1, 0.15) is 23.9 Å². The number of nitriles is 1. The van der Waals surface area contributed by atoms with Crippen molar-refractivity contribution in [2.45, 2.75) is 13.5 Å². The summed E-state index contributed by atoms with van der Waals surface area (Å²) >= 11 is 15.6. The van der Waals surface area contributed by atoms with Crippen molar-refractivity contribution in [2.75, 3.05) is 6.61 Å². The first-order valence-electron chi connectivity index (χ1n) is 10.2. The van der Waals surface area contributed by atoms with Crippen LogP contribution in [0.25, 0.3) is 22.7 Å². The third-order valence-electron chi connectivity index (χ3n) is 4.83. The molecule has 0 atom stereocenters. The molecule has 0 aliphatic heterocycles. The predicted octanol–water partition coefficient (Wildman–Crippen LogP) is 7.81. The number of halogens is 4. The van der Waals surface area contributed by atoms with Gasteiger partial charge in [-0.05, 0) is 82.5 Å². The molecule has 0 aliphatic carbocycles. The Labute approximate surface area is 213 Å². The summed E-state index contributed by atoms with van der Waals surface area (Å²) in [4.78, 5) is 7.39. The van der Waals surface area contributed by atoms with E-state index in [0.717, 1.165) is 5.56 Å². The number of H-pyrrole nitrogens is 1. The fraction of sp³-hybridized carbons (Fsp3) is 0.120. The number of nitrogens with one attached hydrogen (secondary N) is 1. The van der Waals surface area contributed by atoms with Crippen molar-refractivity contribution >= 4 is 61.8 Å². The molecule has 1 aromatic heterocycles. The topological polar surface area (TPSA) is 70.9 Å². The van der Waals surface area contributed by atoms with Crippen LogP contribution in [0.5, 0.6) is 11.5 Å². The number of fused-ring (bicyclic) bond motifs is 1. The van der Waals surface area contributed by atoms with Crippen LogP contribution in [0.15, 0.2) is 53.0 Å². The molecule has 0 unspecified atom stereocenters. The largest absolute Gasteiger partial charge is 0.490 e. The van der Waals surface area contributed by atoms with Gasteiger partial charge in [-0.3, -0.25) is 0 Å². The Morgan fingerprint density at radius 3 is 2.71 bits per heavy atom. The van der Waals surface area contributed by atoms with Crippen molar-refractivity contribution in [1.29, 1.82) is 5.26 Å². The lowest BCUT2D eigenvalue weighted by atomic mass is 10.1. The number of benzene rings is 3. The Kier molecular flexibility index (Phi) is 7.42.